The highest BCUT2D eigenvalue weighted by atomic mass is 15.1. The Morgan fingerprint density at radius 1 is 0.316 bits per heavy atom. The summed E-state index contributed by atoms with van der Waals surface area (Å²) in [5.74, 6) is 0. The molecule has 372 valence electrons. The highest BCUT2D eigenvalue weighted by molar-refractivity contribution is 6.01. The molecule has 10 aromatic rings. The normalized spacial score (nSPS) is 15.0. The van der Waals surface area contributed by atoms with Gasteiger partial charge in [-0.1, -0.05) is 263 Å². The minimum atomic E-state index is -0.604. The molecule has 3 aliphatic carbocycles. The van der Waals surface area contributed by atoms with Crippen molar-refractivity contribution in [3.05, 3.63) is 280 Å². The molecule has 13 rings (SSSR count). The summed E-state index contributed by atoms with van der Waals surface area (Å²) < 4.78 is 0. The van der Waals surface area contributed by atoms with Crippen molar-refractivity contribution in [3.8, 4) is 55.6 Å². The maximum atomic E-state index is 2.59. The Morgan fingerprint density at radius 2 is 0.776 bits per heavy atom. The van der Waals surface area contributed by atoms with E-state index in [4.69, 9.17) is 0 Å². The molecule has 0 spiro atoms. The van der Waals surface area contributed by atoms with Gasteiger partial charge in [0.1, 0.15) is 0 Å². The molecule has 0 saturated carbocycles. The van der Waals surface area contributed by atoms with E-state index in [0.29, 0.717) is 0 Å². The molecule has 0 amide bonds. The number of fused-ring (bicyclic) bond motifs is 9. The predicted octanol–water partition coefficient (Wildman–Crippen LogP) is 20.1. The molecular formula is C75H67N. The zero-order valence-corrected chi connectivity index (χ0v) is 45.8. The molecule has 0 radical (unpaired) electrons. The Kier molecular flexibility index (Phi) is 10.7. The van der Waals surface area contributed by atoms with Crippen LogP contribution in [0, 0.1) is 0 Å². The van der Waals surface area contributed by atoms with Crippen LogP contribution in [0.25, 0.3) is 55.6 Å². The van der Waals surface area contributed by atoms with Crippen molar-refractivity contribution in [1.82, 2.24) is 0 Å². The third-order valence-corrected chi connectivity index (χ3v) is 17.7. The molecule has 76 heavy (non-hydrogen) atoms. The average molecular weight is 982 g/mol. The third-order valence-electron chi connectivity index (χ3n) is 17.7. The second kappa shape index (κ2) is 17.0. The van der Waals surface area contributed by atoms with Crippen molar-refractivity contribution >= 4 is 17.1 Å². The quantitative estimate of drug-likeness (QED) is 0.154. The van der Waals surface area contributed by atoms with Crippen LogP contribution in [0.4, 0.5) is 17.1 Å². The lowest BCUT2D eigenvalue weighted by Crippen LogP contribution is -2.29. The molecule has 0 N–H and O–H groups in total. The van der Waals surface area contributed by atoms with Crippen molar-refractivity contribution < 1.29 is 0 Å². The number of rotatable bonds is 7. The molecule has 1 nitrogen and oxygen atoms in total. The molecule has 0 aliphatic heterocycles. The number of hydrogen-bond acceptors (Lipinski definition) is 1. The standard InChI is InChI=1S/C75H67N/c1-71(2,3)50-37-41-52(42-38-50)75(53-43-39-51(40-44-53)72(4,5)6)64-32-17-13-27-61(64)69-65(75)33-21-35-68(69)76(54-23-19-22-48(46-54)56-28-20-29-60-58-26-12-16-31-63(58)74(9,10)70(56)60)67-34-18-14-24-55(67)49-36-45-59-57-25-11-15-30-62(57)73(7,8)66(59)47-49/h11-47H,1-10H3. The van der Waals surface area contributed by atoms with Crippen molar-refractivity contribution in [2.45, 2.75) is 96.3 Å². The summed E-state index contributed by atoms with van der Waals surface area (Å²) in [4.78, 5) is 2.59. The summed E-state index contributed by atoms with van der Waals surface area (Å²) in [5.41, 5.74) is 28.5. The maximum Gasteiger partial charge on any atom is 0.0714 e. The zero-order chi connectivity index (χ0) is 52.5. The maximum absolute atomic E-state index is 2.59. The van der Waals surface area contributed by atoms with Crippen LogP contribution in [-0.2, 0) is 27.1 Å². The van der Waals surface area contributed by atoms with Crippen LogP contribution in [-0.4, -0.2) is 0 Å². The minimum absolute atomic E-state index is 0.0132. The Morgan fingerprint density at radius 3 is 1.42 bits per heavy atom. The van der Waals surface area contributed by atoms with E-state index < -0.39 is 5.41 Å². The number of nitrogens with zero attached hydrogens (tertiary/aromatic N) is 1. The van der Waals surface area contributed by atoms with Gasteiger partial charge in [0.2, 0.25) is 0 Å². The molecule has 1 heteroatoms. The Bertz CT molecular complexity index is 3880. The number of anilines is 3. The van der Waals surface area contributed by atoms with E-state index in [9.17, 15) is 0 Å². The van der Waals surface area contributed by atoms with Crippen molar-refractivity contribution in [3.63, 3.8) is 0 Å². The average Bonchev–Trinajstić information content (AvgIpc) is 3.96. The summed E-state index contributed by atoms with van der Waals surface area (Å²) in [6, 6.07) is 86.1. The lowest BCUT2D eigenvalue weighted by Gasteiger charge is -2.35. The third kappa shape index (κ3) is 7.04. The first-order valence-electron chi connectivity index (χ1n) is 27.4. The Hall–Kier alpha value is -8.00. The smallest absolute Gasteiger partial charge is 0.0714 e. The molecule has 0 aromatic heterocycles. The van der Waals surface area contributed by atoms with E-state index in [0.717, 1.165) is 17.1 Å². The van der Waals surface area contributed by atoms with Gasteiger partial charge < -0.3 is 4.90 Å². The van der Waals surface area contributed by atoms with E-state index in [1.165, 1.54) is 111 Å². The van der Waals surface area contributed by atoms with Gasteiger partial charge in [-0.15, -0.1) is 0 Å². The highest BCUT2D eigenvalue weighted by Gasteiger charge is 2.48. The first kappa shape index (κ1) is 47.7. The summed E-state index contributed by atoms with van der Waals surface area (Å²) in [6.45, 7) is 23.4. The fourth-order valence-electron chi connectivity index (χ4n) is 13.8. The van der Waals surface area contributed by atoms with Gasteiger partial charge in [-0.05, 0) is 141 Å². The molecular weight excluding hydrogens is 915 g/mol. The minimum Gasteiger partial charge on any atom is -0.309 e. The molecule has 0 saturated heterocycles. The predicted molar refractivity (Wildman–Crippen MR) is 322 cm³/mol. The topological polar surface area (TPSA) is 3.24 Å². The van der Waals surface area contributed by atoms with E-state index in [1.807, 2.05) is 0 Å². The molecule has 0 bridgehead atoms. The van der Waals surface area contributed by atoms with Crippen LogP contribution in [0.3, 0.4) is 0 Å². The monoisotopic (exact) mass is 982 g/mol. The van der Waals surface area contributed by atoms with Gasteiger partial charge in [-0.2, -0.15) is 0 Å². The second-order valence-corrected chi connectivity index (χ2v) is 24.9. The van der Waals surface area contributed by atoms with Gasteiger partial charge >= 0.3 is 0 Å². The lowest BCUT2D eigenvalue weighted by atomic mass is 9.67. The van der Waals surface area contributed by atoms with Crippen LogP contribution in [0.1, 0.15) is 125 Å². The van der Waals surface area contributed by atoms with Crippen LogP contribution in [0.15, 0.2) is 224 Å². The van der Waals surface area contributed by atoms with Gasteiger partial charge in [-0.3, -0.25) is 0 Å². The SMILES string of the molecule is CC(C)(C)c1ccc(C2(c3ccc(C(C)(C)C)cc3)c3ccccc3-c3c(N(c4cccc(-c5cccc6c5C(C)(C)c5ccccc5-6)c4)c4ccccc4-c4ccc5c(c4)C(C)(C)c4ccccc4-5)cccc32)cc1. The van der Waals surface area contributed by atoms with E-state index in [2.05, 4.69) is 299 Å². The van der Waals surface area contributed by atoms with Gasteiger partial charge in [0.05, 0.1) is 16.8 Å². The van der Waals surface area contributed by atoms with Crippen LogP contribution >= 0.6 is 0 Å². The summed E-state index contributed by atoms with van der Waals surface area (Å²) in [7, 11) is 0. The van der Waals surface area contributed by atoms with Crippen molar-refractivity contribution in [1.29, 1.82) is 0 Å². The Balaban J connectivity index is 1.08. The van der Waals surface area contributed by atoms with Crippen LogP contribution < -0.4 is 4.90 Å². The zero-order valence-electron chi connectivity index (χ0n) is 45.8. The Labute approximate surface area is 451 Å². The number of para-hydroxylation sites is 1. The van der Waals surface area contributed by atoms with Crippen molar-refractivity contribution in [2.24, 2.45) is 0 Å². The van der Waals surface area contributed by atoms with Crippen LogP contribution in [0.5, 0.6) is 0 Å². The molecule has 0 heterocycles. The summed E-state index contributed by atoms with van der Waals surface area (Å²) in [5, 5.41) is 0. The highest BCUT2D eigenvalue weighted by Crippen LogP contribution is 2.61. The van der Waals surface area contributed by atoms with Gasteiger partial charge in [0.25, 0.3) is 0 Å². The van der Waals surface area contributed by atoms with Crippen LogP contribution in [0.2, 0.25) is 0 Å². The first-order chi connectivity index (χ1) is 36.5. The van der Waals surface area contributed by atoms with E-state index in [-0.39, 0.29) is 21.7 Å². The second-order valence-electron chi connectivity index (χ2n) is 24.9. The number of hydrogen-bond donors (Lipinski definition) is 0. The summed E-state index contributed by atoms with van der Waals surface area (Å²) >= 11 is 0. The van der Waals surface area contributed by atoms with Gasteiger partial charge in [0.15, 0.2) is 0 Å². The lowest BCUT2D eigenvalue weighted by molar-refractivity contribution is 0.588. The van der Waals surface area contributed by atoms with Crippen molar-refractivity contribution in [2.75, 3.05) is 4.90 Å². The summed E-state index contributed by atoms with van der Waals surface area (Å²) in [6.07, 6.45) is 0. The largest absolute Gasteiger partial charge is 0.309 e. The first-order valence-corrected chi connectivity index (χ1v) is 27.4. The fraction of sp³-hybridized carbons (Fsp3) is 0.200. The molecule has 10 aromatic carbocycles. The molecule has 0 fully saturated rings. The van der Waals surface area contributed by atoms with E-state index in [1.54, 1.807) is 0 Å². The molecule has 3 aliphatic rings. The fourth-order valence-corrected chi connectivity index (χ4v) is 13.8. The van der Waals surface area contributed by atoms with Gasteiger partial charge in [0, 0.05) is 27.6 Å². The van der Waals surface area contributed by atoms with Gasteiger partial charge in [-0.25, -0.2) is 0 Å². The number of benzene rings is 10. The molecule has 0 unspecified atom stereocenters. The molecule has 0 atom stereocenters. The van der Waals surface area contributed by atoms with E-state index >= 15 is 0 Å².